The summed E-state index contributed by atoms with van der Waals surface area (Å²) in [4.78, 5) is 8.39. The zero-order valence-electron chi connectivity index (χ0n) is 9.46. The summed E-state index contributed by atoms with van der Waals surface area (Å²) in [6.07, 6.45) is 4.18. The molecule has 2 rings (SSSR count). The highest BCUT2D eigenvalue weighted by atomic mass is 35.5. The molecule has 4 nitrogen and oxygen atoms in total. The van der Waals surface area contributed by atoms with E-state index in [0.717, 1.165) is 25.2 Å². The second kappa shape index (κ2) is 5.46. The molecule has 2 N–H and O–H groups in total. The second-order valence-electron chi connectivity index (χ2n) is 4.24. The molecule has 1 aromatic heterocycles. The minimum absolute atomic E-state index is 0.530. The Balaban J connectivity index is 1.86. The first-order chi connectivity index (χ1) is 7.75. The van der Waals surface area contributed by atoms with E-state index in [4.69, 9.17) is 11.6 Å². The van der Waals surface area contributed by atoms with E-state index in [1.54, 1.807) is 6.20 Å². The number of halogens is 1. The number of aromatic nitrogens is 2. The van der Waals surface area contributed by atoms with Crippen molar-refractivity contribution in [2.75, 3.05) is 25.0 Å². The lowest BCUT2D eigenvalue weighted by atomic mass is 9.98. The summed E-state index contributed by atoms with van der Waals surface area (Å²) in [5.41, 5.74) is 0.911. The topological polar surface area (TPSA) is 49.8 Å². The number of hydrogen-bond acceptors (Lipinski definition) is 4. The monoisotopic (exact) mass is 240 g/mol. The molecule has 1 saturated heterocycles. The minimum atomic E-state index is 0.530. The predicted molar refractivity (Wildman–Crippen MR) is 65.9 cm³/mol. The van der Waals surface area contributed by atoms with Crippen LogP contribution in [-0.4, -0.2) is 29.6 Å². The molecule has 0 bridgehead atoms. The van der Waals surface area contributed by atoms with Crippen molar-refractivity contribution in [3.8, 4) is 0 Å². The van der Waals surface area contributed by atoms with E-state index in [-0.39, 0.29) is 0 Å². The van der Waals surface area contributed by atoms with Crippen LogP contribution >= 0.6 is 11.6 Å². The Morgan fingerprint density at radius 1 is 1.50 bits per heavy atom. The molecule has 5 heteroatoms. The van der Waals surface area contributed by atoms with E-state index in [2.05, 4.69) is 20.6 Å². The SMILES string of the molecule is Cc1cnc(NCC2CCNCC2)nc1Cl. The first-order valence-corrected chi connectivity index (χ1v) is 6.07. The minimum Gasteiger partial charge on any atom is -0.354 e. The van der Waals surface area contributed by atoms with Gasteiger partial charge >= 0.3 is 0 Å². The smallest absolute Gasteiger partial charge is 0.224 e. The first-order valence-electron chi connectivity index (χ1n) is 5.69. The number of hydrogen-bond donors (Lipinski definition) is 2. The quantitative estimate of drug-likeness (QED) is 0.792. The van der Waals surface area contributed by atoms with Gasteiger partial charge in [-0.15, -0.1) is 0 Å². The van der Waals surface area contributed by atoms with Crippen molar-refractivity contribution in [3.63, 3.8) is 0 Å². The maximum Gasteiger partial charge on any atom is 0.224 e. The molecule has 1 aromatic rings. The summed E-state index contributed by atoms with van der Waals surface area (Å²) in [6, 6.07) is 0. The van der Waals surface area contributed by atoms with Crippen LogP contribution in [0, 0.1) is 12.8 Å². The number of nitrogens with zero attached hydrogens (tertiary/aromatic N) is 2. The fourth-order valence-electron chi connectivity index (χ4n) is 1.83. The van der Waals surface area contributed by atoms with Crippen LogP contribution in [0.5, 0.6) is 0 Å². The van der Waals surface area contributed by atoms with E-state index in [1.807, 2.05) is 6.92 Å². The largest absolute Gasteiger partial charge is 0.354 e. The highest BCUT2D eigenvalue weighted by Crippen LogP contribution is 2.15. The lowest BCUT2D eigenvalue weighted by Gasteiger charge is -2.22. The standard InChI is InChI=1S/C11H17ClN4/c1-8-6-14-11(16-10(8)12)15-7-9-2-4-13-5-3-9/h6,9,13H,2-5,7H2,1H3,(H,14,15,16). The van der Waals surface area contributed by atoms with Crippen molar-refractivity contribution in [3.05, 3.63) is 16.9 Å². The third-order valence-electron chi connectivity index (χ3n) is 2.92. The average Bonchev–Trinajstić information content (AvgIpc) is 2.32. The van der Waals surface area contributed by atoms with Crippen LogP contribution in [-0.2, 0) is 0 Å². The molecule has 0 radical (unpaired) electrons. The molecule has 0 aliphatic carbocycles. The van der Waals surface area contributed by atoms with Gasteiger partial charge < -0.3 is 10.6 Å². The third kappa shape index (κ3) is 3.06. The Kier molecular flexibility index (Phi) is 3.96. The molecule has 0 amide bonds. The van der Waals surface area contributed by atoms with E-state index in [0.29, 0.717) is 17.0 Å². The summed E-state index contributed by atoms with van der Waals surface area (Å²) >= 11 is 5.93. The van der Waals surface area contributed by atoms with Crippen molar-refractivity contribution in [2.24, 2.45) is 5.92 Å². The Morgan fingerprint density at radius 2 is 2.25 bits per heavy atom. The first kappa shape index (κ1) is 11.6. The van der Waals surface area contributed by atoms with E-state index < -0.39 is 0 Å². The number of aryl methyl sites for hydroxylation is 1. The van der Waals surface area contributed by atoms with Gasteiger partial charge in [-0.05, 0) is 38.8 Å². The summed E-state index contributed by atoms with van der Waals surface area (Å²) < 4.78 is 0. The maximum atomic E-state index is 5.93. The van der Waals surface area contributed by atoms with Gasteiger partial charge in [0.25, 0.3) is 0 Å². The molecule has 0 unspecified atom stereocenters. The molecule has 1 fully saturated rings. The number of piperidine rings is 1. The molecular formula is C11H17ClN4. The summed E-state index contributed by atoms with van der Waals surface area (Å²) in [5, 5.41) is 7.13. The second-order valence-corrected chi connectivity index (χ2v) is 4.60. The van der Waals surface area contributed by atoms with Gasteiger partial charge in [0.2, 0.25) is 5.95 Å². The molecule has 0 aromatic carbocycles. The van der Waals surface area contributed by atoms with Crippen LogP contribution in [0.1, 0.15) is 18.4 Å². The van der Waals surface area contributed by atoms with E-state index in [1.165, 1.54) is 12.8 Å². The molecule has 88 valence electrons. The van der Waals surface area contributed by atoms with Crippen molar-refractivity contribution in [1.82, 2.24) is 15.3 Å². The molecule has 0 spiro atoms. The van der Waals surface area contributed by atoms with Gasteiger partial charge in [-0.3, -0.25) is 0 Å². The molecule has 0 atom stereocenters. The van der Waals surface area contributed by atoms with Crippen LogP contribution in [0.3, 0.4) is 0 Å². The van der Waals surface area contributed by atoms with Gasteiger partial charge in [0, 0.05) is 18.3 Å². The Hall–Kier alpha value is -0.870. The third-order valence-corrected chi connectivity index (χ3v) is 3.30. The number of anilines is 1. The molecule has 0 saturated carbocycles. The number of rotatable bonds is 3. The Labute approximate surface area is 101 Å². The van der Waals surface area contributed by atoms with Crippen LogP contribution < -0.4 is 10.6 Å². The molecule has 2 heterocycles. The van der Waals surface area contributed by atoms with Crippen LogP contribution in [0.25, 0.3) is 0 Å². The number of nitrogens with one attached hydrogen (secondary N) is 2. The average molecular weight is 241 g/mol. The Morgan fingerprint density at radius 3 is 2.94 bits per heavy atom. The highest BCUT2D eigenvalue weighted by Gasteiger charge is 2.13. The van der Waals surface area contributed by atoms with Crippen molar-refractivity contribution in [1.29, 1.82) is 0 Å². The zero-order chi connectivity index (χ0) is 11.4. The van der Waals surface area contributed by atoms with Crippen LogP contribution in [0.2, 0.25) is 5.15 Å². The maximum absolute atomic E-state index is 5.93. The summed E-state index contributed by atoms with van der Waals surface area (Å²) in [6.45, 7) is 5.06. The van der Waals surface area contributed by atoms with Crippen molar-refractivity contribution >= 4 is 17.5 Å². The van der Waals surface area contributed by atoms with E-state index in [9.17, 15) is 0 Å². The lowest BCUT2D eigenvalue weighted by Crippen LogP contribution is -2.31. The molecule has 16 heavy (non-hydrogen) atoms. The van der Waals surface area contributed by atoms with Gasteiger partial charge in [-0.2, -0.15) is 0 Å². The zero-order valence-corrected chi connectivity index (χ0v) is 10.2. The molecular weight excluding hydrogens is 224 g/mol. The molecule has 1 aliphatic heterocycles. The van der Waals surface area contributed by atoms with E-state index >= 15 is 0 Å². The van der Waals surface area contributed by atoms with Crippen LogP contribution in [0.4, 0.5) is 5.95 Å². The Bertz CT molecular complexity index is 350. The highest BCUT2D eigenvalue weighted by molar-refractivity contribution is 6.30. The van der Waals surface area contributed by atoms with Gasteiger partial charge in [0.15, 0.2) is 0 Å². The molecule has 1 aliphatic rings. The lowest BCUT2D eigenvalue weighted by molar-refractivity contribution is 0.389. The van der Waals surface area contributed by atoms with Crippen molar-refractivity contribution in [2.45, 2.75) is 19.8 Å². The van der Waals surface area contributed by atoms with Crippen LogP contribution in [0.15, 0.2) is 6.20 Å². The predicted octanol–water partition coefficient (Wildman–Crippen LogP) is 1.85. The van der Waals surface area contributed by atoms with Gasteiger partial charge in [0.05, 0.1) is 0 Å². The normalized spacial score (nSPS) is 17.4. The van der Waals surface area contributed by atoms with Gasteiger partial charge in [0.1, 0.15) is 5.15 Å². The summed E-state index contributed by atoms with van der Waals surface area (Å²) in [5.74, 6) is 1.35. The fourth-order valence-corrected chi connectivity index (χ4v) is 1.96. The van der Waals surface area contributed by atoms with Crippen molar-refractivity contribution < 1.29 is 0 Å². The van der Waals surface area contributed by atoms with Gasteiger partial charge in [-0.25, -0.2) is 9.97 Å². The fraction of sp³-hybridized carbons (Fsp3) is 0.636. The van der Waals surface area contributed by atoms with Gasteiger partial charge in [-0.1, -0.05) is 11.6 Å². The summed E-state index contributed by atoms with van der Waals surface area (Å²) in [7, 11) is 0.